The molecule has 0 bridgehead atoms. The van der Waals surface area contributed by atoms with Crippen LogP contribution in [-0.2, 0) is 9.59 Å². The monoisotopic (exact) mass is 297 g/mol. The highest BCUT2D eigenvalue weighted by molar-refractivity contribution is 5.86. The first-order chi connectivity index (χ1) is 10.0. The molecule has 0 aromatic heterocycles. The van der Waals surface area contributed by atoms with E-state index in [9.17, 15) is 19.5 Å². The topological polar surface area (TPSA) is 108 Å². The average molecular weight is 297 g/mol. The van der Waals surface area contributed by atoms with Crippen LogP contribution in [0.5, 0.6) is 0 Å². The van der Waals surface area contributed by atoms with Crippen LogP contribution in [0.3, 0.4) is 0 Å². The SMILES string of the molecule is O=C(CCNC(=O)NC1(C(=O)O)CCCCC1)NC1CC1. The van der Waals surface area contributed by atoms with Gasteiger partial charge in [0.2, 0.25) is 5.91 Å². The molecule has 2 fully saturated rings. The minimum atomic E-state index is -1.15. The van der Waals surface area contributed by atoms with Crippen LogP contribution in [0, 0.1) is 0 Å². The lowest BCUT2D eigenvalue weighted by atomic mass is 9.82. The predicted molar refractivity (Wildman–Crippen MR) is 75.8 cm³/mol. The van der Waals surface area contributed by atoms with Gasteiger partial charge in [0, 0.05) is 19.0 Å². The molecular weight excluding hydrogens is 274 g/mol. The van der Waals surface area contributed by atoms with Crippen molar-refractivity contribution in [3.05, 3.63) is 0 Å². The quantitative estimate of drug-likeness (QED) is 0.580. The van der Waals surface area contributed by atoms with Crippen LogP contribution in [0.2, 0.25) is 0 Å². The lowest BCUT2D eigenvalue weighted by Gasteiger charge is -2.33. The molecule has 0 saturated heterocycles. The number of carboxylic acids is 1. The van der Waals surface area contributed by atoms with Gasteiger partial charge in [0.1, 0.15) is 5.54 Å². The van der Waals surface area contributed by atoms with E-state index >= 15 is 0 Å². The molecule has 2 aliphatic carbocycles. The number of carbonyl (C=O) groups excluding carboxylic acids is 2. The van der Waals surface area contributed by atoms with Gasteiger partial charge >= 0.3 is 12.0 Å². The molecule has 0 unspecified atom stereocenters. The molecule has 4 N–H and O–H groups in total. The van der Waals surface area contributed by atoms with E-state index in [0.29, 0.717) is 18.9 Å². The second kappa shape index (κ2) is 6.78. The summed E-state index contributed by atoms with van der Waals surface area (Å²) in [5.41, 5.74) is -1.15. The summed E-state index contributed by atoms with van der Waals surface area (Å²) in [6, 6.07) is -0.206. The van der Waals surface area contributed by atoms with Crippen molar-refractivity contribution in [2.24, 2.45) is 0 Å². The predicted octanol–water partition coefficient (Wildman–Crippen LogP) is 0.742. The normalized spacial score (nSPS) is 20.4. The van der Waals surface area contributed by atoms with Crippen LogP contribution in [-0.4, -0.2) is 41.1 Å². The lowest BCUT2D eigenvalue weighted by Crippen LogP contribution is -2.58. The summed E-state index contributed by atoms with van der Waals surface area (Å²) < 4.78 is 0. The highest BCUT2D eigenvalue weighted by Crippen LogP contribution is 2.28. The zero-order valence-electron chi connectivity index (χ0n) is 12.1. The van der Waals surface area contributed by atoms with Gasteiger partial charge in [0.05, 0.1) is 0 Å². The molecule has 21 heavy (non-hydrogen) atoms. The Morgan fingerprint density at radius 2 is 1.76 bits per heavy atom. The number of amides is 3. The third-order valence-electron chi connectivity index (χ3n) is 4.05. The molecule has 7 nitrogen and oxygen atoms in total. The maximum absolute atomic E-state index is 11.8. The first-order valence-electron chi connectivity index (χ1n) is 7.61. The Kier molecular flexibility index (Phi) is 5.03. The Labute approximate surface area is 123 Å². The molecule has 0 aliphatic heterocycles. The molecule has 0 radical (unpaired) electrons. The molecule has 2 aliphatic rings. The molecule has 0 heterocycles. The number of urea groups is 1. The van der Waals surface area contributed by atoms with Crippen LogP contribution >= 0.6 is 0 Å². The Bertz CT molecular complexity index is 414. The maximum Gasteiger partial charge on any atom is 0.329 e. The second-order valence-electron chi connectivity index (χ2n) is 5.92. The van der Waals surface area contributed by atoms with E-state index in [0.717, 1.165) is 32.1 Å². The lowest BCUT2D eigenvalue weighted by molar-refractivity contribution is -0.145. The Morgan fingerprint density at radius 3 is 2.33 bits per heavy atom. The third-order valence-corrected chi connectivity index (χ3v) is 4.05. The van der Waals surface area contributed by atoms with Crippen molar-refractivity contribution < 1.29 is 19.5 Å². The summed E-state index contributed by atoms with van der Waals surface area (Å²) in [4.78, 5) is 34.7. The minimum absolute atomic E-state index is 0.0802. The molecule has 0 aromatic carbocycles. The molecular formula is C14H23N3O4. The molecule has 0 atom stereocenters. The van der Waals surface area contributed by atoms with Gasteiger partial charge in [0.25, 0.3) is 0 Å². The fraction of sp³-hybridized carbons (Fsp3) is 0.786. The summed E-state index contributed by atoms with van der Waals surface area (Å²) in [5, 5.41) is 17.3. The van der Waals surface area contributed by atoms with Gasteiger partial charge < -0.3 is 21.1 Å². The second-order valence-corrected chi connectivity index (χ2v) is 5.92. The number of carboxylic acid groups (broad SMARTS) is 1. The highest BCUT2D eigenvalue weighted by atomic mass is 16.4. The summed E-state index contributed by atoms with van der Waals surface area (Å²) >= 11 is 0. The number of hydrogen-bond acceptors (Lipinski definition) is 3. The summed E-state index contributed by atoms with van der Waals surface area (Å²) in [6.07, 6.45) is 5.79. The van der Waals surface area contributed by atoms with Crippen molar-refractivity contribution in [2.75, 3.05) is 6.54 Å². The van der Waals surface area contributed by atoms with Gasteiger partial charge in [-0.3, -0.25) is 4.79 Å². The summed E-state index contributed by atoms with van der Waals surface area (Å²) in [5.74, 6) is -1.06. The molecule has 3 amide bonds. The van der Waals surface area contributed by atoms with Gasteiger partial charge in [-0.1, -0.05) is 19.3 Å². The number of hydrogen-bond donors (Lipinski definition) is 4. The van der Waals surface area contributed by atoms with Gasteiger partial charge in [-0.05, 0) is 25.7 Å². The average Bonchev–Trinajstić information content (AvgIpc) is 3.23. The van der Waals surface area contributed by atoms with E-state index in [1.165, 1.54) is 0 Å². The van der Waals surface area contributed by atoms with Crippen LogP contribution in [0.15, 0.2) is 0 Å². The van der Waals surface area contributed by atoms with Gasteiger partial charge in [-0.25, -0.2) is 9.59 Å². The van der Waals surface area contributed by atoms with Crippen molar-refractivity contribution in [3.8, 4) is 0 Å². The van der Waals surface area contributed by atoms with E-state index in [1.807, 2.05) is 0 Å². The number of carbonyl (C=O) groups is 3. The highest BCUT2D eigenvalue weighted by Gasteiger charge is 2.40. The Morgan fingerprint density at radius 1 is 1.10 bits per heavy atom. The van der Waals surface area contributed by atoms with Crippen LogP contribution in [0.1, 0.15) is 51.4 Å². The smallest absolute Gasteiger partial charge is 0.329 e. The maximum atomic E-state index is 11.8. The number of rotatable bonds is 6. The third kappa shape index (κ3) is 4.61. The number of aliphatic carboxylic acids is 1. The summed E-state index contributed by atoms with van der Waals surface area (Å²) in [6.45, 7) is 0.208. The Hall–Kier alpha value is -1.79. The zero-order chi connectivity index (χ0) is 15.3. The largest absolute Gasteiger partial charge is 0.480 e. The number of nitrogens with one attached hydrogen (secondary N) is 3. The molecule has 2 saturated carbocycles. The molecule has 118 valence electrons. The van der Waals surface area contributed by atoms with Gasteiger partial charge in [-0.2, -0.15) is 0 Å². The Balaban J connectivity index is 1.71. The van der Waals surface area contributed by atoms with Crippen molar-refractivity contribution in [1.29, 1.82) is 0 Å². The first-order valence-corrected chi connectivity index (χ1v) is 7.61. The zero-order valence-corrected chi connectivity index (χ0v) is 12.1. The van der Waals surface area contributed by atoms with Crippen LogP contribution in [0.25, 0.3) is 0 Å². The van der Waals surface area contributed by atoms with E-state index in [2.05, 4.69) is 16.0 Å². The van der Waals surface area contributed by atoms with Crippen LogP contribution < -0.4 is 16.0 Å². The first kappa shape index (κ1) is 15.6. The van der Waals surface area contributed by atoms with Gasteiger partial charge in [-0.15, -0.1) is 0 Å². The molecule has 0 spiro atoms. The van der Waals surface area contributed by atoms with Crippen LogP contribution in [0.4, 0.5) is 4.79 Å². The van der Waals surface area contributed by atoms with E-state index in [1.54, 1.807) is 0 Å². The van der Waals surface area contributed by atoms with Gasteiger partial charge in [0.15, 0.2) is 0 Å². The van der Waals surface area contributed by atoms with E-state index < -0.39 is 17.5 Å². The van der Waals surface area contributed by atoms with Crippen molar-refractivity contribution in [2.45, 2.75) is 62.9 Å². The van der Waals surface area contributed by atoms with Crippen molar-refractivity contribution in [3.63, 3.8) is 0 Å². The fourth-order valence-electron chi connectivity index (χ4n) is 2.63. The fourth-order valence-corrected chi connectivity index (χ4v) is 2.63. The molecule has 7 heteroatoms. The molecule has 2 rings (SSSR count). The van der Waals surface area contributed by atoms with E-state index in [-0.39, 0.29) is 18.9 Å². The summed E-state index contributed by atoms with van der Waals surface area (Å²) in [7, 11) is 0. The van der Waals surface area contributed by atoms with E-state index in [4.69, 9.17) is 0 Å². The standard InChI is InChI=1S/C14H23N3O4/c18-11(16-10-4-5-10)6-9-15-13(21)17-14(12(19)20)7-2-1-3-8-14/h10H,1-9H2,(H,16,18)(H,19,20)(H2,15,17,21). The van der Waals surface area contributed by atoms with Crippen molar-refractivity contribution >= 4 is 17.9 Å². The van der Waals surface area contributed by atoms with Crippen molar-refractivity contribution in [1.82, 2.24) is 16.0 Å². The molecule has 0 aromatic rings. The minimum Gasteiger partial charge on any atom is -0.480 e.